The summed E-state index contributed by atoms with van der Waals surface area (Å²) < 4.78 is 10.6. The molecule has 0 fully saturated rings. The van der Waals surface area contributed by atoms with Crippen molar-refractivity contribution < 1.29 is 23.9 Å². The van der Waals surface area contributed by atoms with Crippen LogP contribution in [0.5, 0.6) is 5.75 Å². The molecular formula is C25H25N3O5S2. The fourth-order valence-electron chi connectivity index (χ4n) is 3.25. The van der Waals surface area contributed by atoms with Crippen LogP contribution in [0.25, 0.3) is 0 Å². The molecular weight excluding hydrogens is 486 g/mol. The number of anilines is 1. The second-order valence-corrected chi connectivity index (χ2v) is 9.47. The van der Waals surface area contributed by atoms with Crippen molar-refractivity contribution >= 4 is 46.9 Å². The van der Waals surface area contributed by atoms with Crippen LogP contribution in [0.1, 0.15) is 6.42 Å². The minimum absolute atomic E-state index is 0.0811. The molecule has 1 amide bonds. The van der Waals surface area contributed by atoms with Gasteiger partial charge in [0.2, 0.25) is 5.78 Å². The van der Waals surface area contributed by atoms with Gasteiger partial charge in [0.05, 0.1) is 5.69 Å². The van der Waals surface area contributed by atoms with Crippen molar-refractivity contribution in [1.82, 2.24) is 5.32 Å². The minimum atomic E-state index is -0.937. The zero-order chi connectivity index (χ0) is 25.2. The third-order valence-corrected chi connectivity index (χ3v) is 6.91. The van der Waals surface area contributed by atoms with Crippen molar-refractivity contribution in [3.63, 3.8) is 0 Å². The highest BCUT2D eigenvalue weighted by molar-refractivity contribution is 8.03. The number of fused-ring (bicyclic) bond motifs is 1. The Hall–Kier alpha value is -3.42. The third kappa shape index (κ3) is 7.04. The highest BCUT2D eigenvalue weighted by Crippen LogP contribution is 2.46. The van der Waals surface area contributed by atoms with Gasteiger partial charge >= 0.3 is 5.97 Å². The first-order chi connectivity index (χ1) is 16.9. The summed E-state index contributed by atoms with van der Waals surface area (Å²) in [5.74, 6) is -0.695. The number of nitrogens with one attached hydrogen (secondary N) is 1. The van der Waals surface area contributed by atoms with Gasteiger partial charge in [0.1, 0.15) is 28.5 Å². The highest BCUT2D eigenvalue weighted by atomic mass is 32.2. The second kappa shape index (κ2) is 12.9. The molecule has 0 bridgehead atoms. The van der Waals surface area contributed by atoms with Crippen LogP contribution in [-0.4, -0.2) is 56.0 Å². The number of nitrogens with zero attached hydrogens (tertiary/aromatic N) is 2. The number of benzene rings is 2. The lowest BCUT2D eigenvalue weighted by atomic mass is 10.2. The number of nitriles is 1. The van der Waals surface area contributed by atoms with Gasteiger partial charge in [0.25, 0.3) is 5.91 Å². The Bertz CT molecular complexity index is 1150. The maximum absolute atomic E-state index is 12.8. The van der Waals surface area contributed by atoms with E-state index in [0.717, 1.165) is 10.6 Å². The maximum Gasteiger partial charge on any atom is 0.329 e. The summed E-state index contributed by atoms with van der Waals surface area (Å²) in [5.41, 5.74) is 0.810. The number of hydrogen-bond acceptors (Lipinski definition) is 9. The number of amides is 1. The van der Waals surface area contributed by atoms with E-state index in [1.165, 1.54) is 23.5 Å². The molecule has 0 aromatic heterocycles. The number of Topliss-reactive ketones (excluding diaryl/α,β-unsaturated/α-hetero) is 1. The van der Waals surface area contributed by atoms with Crippen LogP contribution in [0.15, 0.2) is 70.1 Å². The van der Waals surface area contributed by atoms with Crippen LogP contribution in [0.2, 0.25) is 0 Å². The Balaban J connectivity index is 1.59. The van der Waals surface area contributed by atoms with Gasteiger partial charge in [-0.1, -0.05) is 42.1 Å². The van der Waals surface area contributed by atoms with Gasteiger partial charge in [-0.15, -0.1) is 0 Å². The van der Waals surface area contributed by atoms with Crippen molar-refractivity contribution in [2.24, 2.45) is 0 Å². The third-order valence-electron chi connectivity index (χ3n) is 5.03. The predicted octanol–water partition coefficient (Wildman–Crippen LogP) is 3.39. The van der Waals surface area contributed by atoms with Gasteiger partial charge in [0.15, 0.2) is 13.2 Å². The first kappa shape index (κ1) is 26.2. The normalized spacial score (nSPS) is 14.4. The van der Waals surface area contributed by atoms with Crippen LogP contribution in [0, 0.1) is 11.3 Å². The molecule has 0 unspecified atom stereocenters. The number of carbonyl (C=O) groups excluding carboxylic acids is 3. The van der Waals surface area contributed by atoms with Gasteiger partial charge in [-0.3, -0.25) is 9.59 Å². The van der Waals surface area contributed by atoms with Gasteiger partial charge < -0.3 is 19.7 Å². The zero-order valence-electron chi connectivity index (χ0n) is 19.4. The Kier molecular flexibility index (Phi) is 9.64. The first-order valence-corrected chi connectivity index (χ1v) is 13.0. The van der Waals surface area contributed by atoms with Gasteiger partial charge in [0, 0.05) is 11.9 Å². The molecule has 2 aromatic carbocycles. The lowest BCUT2D eigenvalue weighted by molar-refractivity contribution is -0.150. The summed E-state index contributed by atoms with van der Waals surface area (Å²) in [5, 5.41) is 12.7. The standard InChI is InChI=1S/C25H25N3O5S2/c1-28-20-10-6-7-11-22(20)35-24(28)18(14-26)21(29)15-33-25(31)19(12-13-34-2)27-23(30)16-32-17-8-4-3-5-9-17/h3-11,19H,12-13,15-16H2,1-2H3,(H,27,30)/b24-18+/t19-/m1/s1. The van der Waals surface area contributed by atoms with Crippen molar-refractivity contribution in [3.8, 4) is 11.8 Å². The largest absolute Gasteiger partial charge is 0.484 e. The van der Waals surface area contributed by atoms with Crippen molar-refractivity contribution in [3.05, 3.63) is 65.2 Å². The van der Waals surface area contributed by atoms with Crippen molar-refractivity contribution in [2.45, 2.75) is 17.4 Å². The van der Waals surface area contributed by atoms with E-state index in [2.05, 4.69) is 5.32 Å². The summed E-state index contributed by atoms with van der Waals surface area (Å²) in [6.07, 6.45) is 2.21. The Morgan fingerprint density at radius 3 is 2.51 bits per heavy atom. The van der Waals surface area contributed by atoms with E-state index in [-0.39, 0.29) is 12.2 Å². The second-order valence-electron chi connectivity index (χ2n) is 7.45. The molecule has 2 aromatic rings. The van der Waals surface area contributed by atoms with E-state index < -0.39 is 30.3 Å². The summed E-state index contributed by atoms with van der Waals surface area (Å²) in [6, 6.07) is 17.4. The van der Waals surface area contributed by atoms with Crippen LogP contribution in [0.3, 0.4) is 0 Å². The number of ketones is 1. The van der Waals surface area contributed by atoms with E-state index >= 15 is 0 Å². The van der Waals surface area contributed by atoms with Crippen molar-refractivity contribution in [2.75, 3.05) is 37.2 Å². The Morgan fingerprint density at radius 1 is 1.11 bits per heavy atom. The molecule has 0 saturated heterocycles. The van der Waals surface area contributed by atoms with Gasteiger partial charge in [-0.05, 0) is 42.7 Å². The lowest BCUT2D eigenvalue weighted by Gasteiger charge is -2.18. The number of rotatable bonds is 11. The molecule has 10 heteroatoms. The monoisotopic (exact) mass is 511 g/mol. The zero-order valence-corrected chi connectivity index (χ0v) is 21.0. The number of ether oxygens (including phenoxy) is 2. The molecule has 1 atom stereocenters. The van der Waals surface area contributed by atoms with E-state index in [1.54, 1.807) is 36.2 Å². The number of para-hydroxylation sites is 2. The van der Waals surface area contributed by atoms with Crippen LogP contribution < -0.4 is 15.0 Å². The van der Waals surface area contributed by atoms with Crippen LogP contribution >= 0.6 is 23.5 Å². The number of esters is 1. The molecule has 1 N–H and O–H groups in total. The SMILES string of the molecule is CSCC[C@@H](NC(=O)COc1ccccc1)C(=O)OCC(=O)/C(C#N)=C1/Sc2ccccc2N1C. The van der Waals surface area contributed by atoms with E-state index in [0.29, 0.717) is 23.0 Å². The predicted molar refractivity (Wildman–Crippen MR) is 136 cm³/mol. The minimum Gasteiger partial charge on any atom is -0.484 e. The molecule has 1 aliphatic rings. The smallest absolute Gasteiger partial charge is 0.329 e. The highest BCUT2D eigenvalue weighted by Gasteiger charge is 2.29. The lowest BCUT2D eigenvalue weighted by Crippen LogP contribution is -2.44. The maximum atomic E-state index is 12.8. The average molecular weight is 512 g/mol. The van der Waals surface area contributed by atoms with Crippen molar-refractivity contribution in [1.29, 1.82) is 5.26 Å². The average Bonchev–Trinajstić information content (AvgIpc) is 3.21. The molecule has 0 spiro atoms. The number of thioether (sulfide) groups is 2. The van der Waals surface area contributed by atoms with Gasteiger partial charge in [-0.2, -0.15) is 17.0 Å². The Morgan fingerprint density at radius 2 is 1.83 bits per heavy atom. The van der Waals surface area contributed by atoms with Crippen LogP contribution in [-0.2, 0) is 19.1 Å². The van der Waals surface area contributed by atoms with Gasteiger partial charge in [-0.25, -0.2) is 4.79 Å². The van der Waals surface area contributed by atoms with E-state index in [9.17, 15) is 19.6 Å². The number of carbonyl (C=O) groups is 3. The molecule has 0 saturated carbocycles. The topological polar surface area (TPSA) is 109 Å². The molecule has 182 valence electrons. The molecule has 35 heavy (non-hydrogen) atoms. The van der Waals surface area contributed by atoms with E-state index in [1.807, 2.05) is 42.7 Å². The molecule has 0 radical (unpaired) electrons. The summed E-state index contributed by atoms with van der Waals surface area (Å²) in [4.78, 5) is 40.5. The molecule has 1 heterocycles. The fraction of sp³-hybridized carbons (Fsp3) is 0.280. The first-order valence-electron chi connectivity index (χ1n) is 10.8. The summed E-state index contributed by atoms with van der Waals surface area (Å²) >= 11 is 2.83. The van der Waals surface area contributed by atoms with Crippen LogP contribution in [0.4, 0.5) is 5.69 Å². The molecule has 1 aliphatic heterocycles. The number of hydrogen-bond donors (Lipinski definition) is 1. The quantitative estimate of drug-likeness (QED) is 0.276. The summed E-state index contributed by atoms with van der Waals surface area (Å²) in [7, 11) is 1.77. The molecule has 8 nitrogen and oxygen atoms in total. The fourth-order valence-corrected chi connectivity index (χ4v) is 4.88. The summed E-state index contributed by atoms with van der Waals surface area (Å²) in [6.45, 7) is -0.858. The van der Waals surface area contributed by atoms with E-state index in [4.69, 9.17) is 9.47 Å². The molecule has 0 aliphatic carbocycles. The Labute approximate surface area is 212 Å². The molecule has 3 rings (SSSR count).